The average molecular weight is 309 g/mol. The normalized spacial score (nSPS) is 23.4. The van der Waals surface area contributed by atoms with Crippen molar-refractivity contribution in [3.63, 3.8) is 0 Å². The van der Waals surface area contributed by atoms with Gasteiger partial charge in [0.15, 0.2) is 0 Å². The second-order valence-electron chi connectivity index (χ2n) is 4.62. The van der Waals surface area contributed by atoms with Gasteiger partial charge >= 0.3 is 0 Å². The molecule has 0 spiro atoms. The number of nitrogens with two attached hydrogens (primary N) is 1. The van der Waals surface area contributed by atoms with Crippen molar-refractivity contribution in [1.82, 2.24) is 15.1 Å². The van der Waals surface area contributed by atoms with E-state index in [0.717, 1.165) is 29.3 Å². The van der Waals surface area contributed by atoms with Gasteiger partial charge in [-0.2, -0.15) is 4.98 Å². The third kappa shape index (κ3) is 2.30. The Balaban J connectivity index is 1.85. The number of halogens is 1. The van der Waals surface area contributed by atoms with Gasteiger partial charge in [0.25, 0.3) is 0 Å². The van der Waals surface area contributed by atoms with Crippen LogP contribution in [0.4, 0.5) is 0 Å². The van der Waals surface area contributed by atoms with Crippen LogP contribution in [0.2, 0.25) is 0 Å². The van der Waals surface area contributed by atoms with Crippen molar-refractivity contribution in [3.05, 3.63) is 28.8 Å². The van der Waals surface area contributed by atoms with Crippen molar-refractivity contribution in [1.29, 1.82) is 0 Å². The zero-order valence-corrected chi connectivity index (χ0v) is 11.3. The van der Waals surface area contributed by atoms with Crippen molar-refractivity contribution in [2.45, 2.75) is 31.2 Å². The molecule has 2 heterocycles. The third-order valence-electron chi connectivity index (χ3n) is 3.23. The Labute approximate surface area is 113 Å². The van der Waals surface area contributed by atoms with Gasteiger partial charge in [-0.05, 0) is 41.3 Å². The second-order valence-corrected chi connectivity index (χ2v) is 5.53. The van der Waals surface area contributed by atoms with Crippen LogP contribution in [0.5, 0.6) is 0 Å². The van der Waals surface area contributed by atoms with Gasteiger partial charge in [-0.15, -0.1) is 0 Å². The lowest BCUT2D eigenvalue weighted by molar-refractivity contribution is 0.353. The molecular formula is C12H13BrN4O. The maximum absolute atomic E-state index is 5.89. The molecular weight excluding hydrogens is 296 g/mol. The molecule has 6 heteroatoms. The summed E-state index contributed by atoms with van der Waals surface area (Å²) in [4.78, 5) is 8.53. The first-order valence-electron chi connectivity index (χ1n) is 5.92. The Bertz CT molecular complexity index is 557. The molecule has 1 saturated carbocycles. The largest absolute Gasteiger partial charge is 0.339 e. The molecule has 0 saturated heterocycles. The Hall–Kier alpha value is -1.27. The van der Waals surface area contributed by atoms with Crippen LogP contribution in [0, 0.1) is 0 Å². The summed E-state index contributed by atoms with van der Waals surface area (Å²) in [5.74, 6) is 1.58. The van der Waals surface area contributed by atoms with Crippen LogP contribution in [-0.4, -0.2) is 21.2 Å². The van der Waals surface area contributed by atoms with Crippen LogP contribution in [0.1, 0.15) is 31.1 Å². The van der Waals surface area contributed by atoms with Crippen LogP contribution in [0.15, 0.2) is 27.5 Å². The quantitative estimate of drug-likeness (QED) is 0.922. The lowest BCUT2D eigenvalue weighted by atomic mass is 10.1. The van der Waals surface area contributed by atoms with Crippen LogP contribution < -0.4 is 5.73 Å². The molecule has 3 rings (SSSR count). The molecule has 0 bridgehead atoms. The van der Waals surface area contributed by atoms with Gasteiger partial charge in [-0.25, -0.2) is 0 Å². The van der Waals surface area contributed by atoms with Crippen molar-refractivity contribution >= 4 is 15.9 Å². The first-order chi connectivity index (χ1) is 8.72. The average Bonchev–Trinajstić information content (AvgIpc) is 2.97. The summed E-state index contributed by atoms with van der Waals surface area (Å²) in [6, 6.07) is 2.18. The first kappa shape index (κ1) is 11.8. The summed E-state index contributed by atoms with van der Waals surface area (Å²) in [5.41, 5.74) is 6.74. The predicted octanol–water partition coefficient (Wildman–Crippen LogP) is 2.49. The zero-order valence-electron chi connectivity index (χ0n) is 9.71. The number of rotatable bonds is 2. The lowest BCUT2D eigenvalue weighted by Crippen LogP contribution is -2.14. The van der Waals surface area contributed by atoms with E-state index in [-0.39, 0.29) is 6.04 Å². The Morgan fingerprint density at radius 3 is 2.94 bits per heavy atom. The Morgan fingerprint density at radius 2 is 2.22 bits per heavy atom. The van der Waals surface area contributed by atoms with Gasteiger partial charge in [0.05, 0.1) is 0 Å². The molecule has 0 radical (unpaired) electrons. The van der Waals surface area contributed by atoms with E-state index in [1.807, 2.05) is 6.07 Å². The van der Waals surface area contributed by atoms with E-state index in [1.54, 1.807) is 12.4 Å². The van der Waals surface area contributed by atoms with Gasteiger partial charge in [0, 0.05) is 34.4 Å². The van der Waals surface area contributed by atoms with E-state index >= 15 is 0 Å². The molecule has 18 heavy (non-hydrogen) atoms. The number of hydrogen-bond donors (Lipinski definition) is 1. The van der Waals surface area contributed by atoms with E-state index in [2.05, 4.69) is 31.1 Å². The molecule has 1 fully saturated rings. The summed E-state index contributed by atoms with van der Waals surface area (Å²) in [5, 5.41) is 4.01. The van der Waals surface area contributed by atoms with E-state index < -0.39 is 0 Å². The molecule has 2 N–H and O–H groups in total. The fraction of sp³-hybridized carbons (Fsp3) is 0.417. The molecule has 94 valence electrons. The molecule has 2 aromatic rings. The lowest BCUT2D eigenvalue weighted by Gasteiger charge is -2.01. The standard InChI is InChI=1S/C12H13BrN4O/c13-9-3-8(5-15-6-9)11-16-12(18-17-11)7-1-2-10(14)4-7/h3,5-7,10H,1-2,4,14H2/t7-,10+/m1/s1. The number of nitrogens with zero attached hydrogens (tertiary/aromatic N) is 3. The Morgan fingerprint density at radius 1 is 1.33 bits per heavy atom. The van der Waals surface area contributed by atoms with Crippen molar-refractivity contribution < 1.29 is 4.52 Å². The smallest absolute Gasteiger partial charge is 0.230 e. The van der Waals surface area contributed by atoms with Crippen LogP contribution >= 0.6 is 15.9 Å². The summed E-state index contributed by atoms with van der Waals surface area (Å²) in [6.07, 6.45) is 6.43. The summed E-state index contributed by atoms with van der Waals surface area (Å²) in [7, 11) is 0. The minimum Gasteiger partial charge on any atom is -0.339 e. The van der Waals surface area contributed by atoms with E-state index in [4.69, 9.17) is 10.3 Å². The number of aromatic nitrogens is 3. The van der Waals surface area contributed by atoms with Crippen LogP contribution in [0.25, 0.3) is 11.4 Å². The molecule has 5 nitrogen and oxygen atoms in total. The fourth-order valence-corrected chi connectivity index (χ4v) is 2.66. The summed E-state index contributed by atoms with van der Waals surface area (Å²) < 4.78 is 6.23. The van der Waals surface area contributed by atoms with Crippen LogP contribution in [-0.2, 0) is 0 Å². The molecule has 0 aliphatic heterocycles. The van der Waals surface area contributed by atoms with Crippen molar-refractivity contribution in [2.24, 2.45) is 5.73 Å². The molecule has 2 atom stereocenters. The number of pyridine rings is 1. The van der Waals surface area contributed by atoms with Crippen molar-refractivity contribution in [2.75, 3.05) is 0 Å². The zero-order chi connectivity index (χ0) is 12.5. The maximum Gasteiger partial charge on any atom is 0.230 e. The maximum atomic E-state index is 5.89. The van der Waals surface area contributed by atoms with Gasteiger partial charge in [0.1, 0.15) is 0 Å². The topological polar surface area (TPSA) is 77.8 Å². The van der Waals surface area contributed by atoms with Crippen molar-refractivity contribution in [3.8, 4) is 11.4 Å². The highest BCUT2D eigenvalue weighted by molar-refractivity contribution is 9.10. The predicted molar refractivity (Wildman–Crippen MR) is 69.8 cm³/mol. The first-order valence-corrected chi connectivity index (χ1v) is 6.72. The van der Waals surface area contributed by atoms with Gasteiger partial charge < -0.3 is 10.3 Å². The van der Waals surface area contributed by atoms with Gasteiger partial charge in [0.2, 0.25) is 11.7 Å². The fourth-order valence-electron chi connectivity index (χ4n) is 2.29. The second kappa shape index (κ2) is 4.78. The van der Waals surface area contributed by atoms with E-state index in [9.17, 15) is 0 Å². The highest BCUT2D eigenvalue weighted by Gasteiger charge is 2.28. The number of hydrogen-bond acceptors (Lipinski definition) is 5. The Kier molecular flexibility index (Phi) is 3.13. The van der Waals surface area contributed by atoms with E-state index in [0.29, 0.717) is 17.6 Å². The minimum atomic E-state index is 0.262. The SMILES string of the molecule is N[C@H]1CC[C@@H](c2nc(-c3cncc(Br)c3)no2)C1. The highest BCUT2D eigenvalue weighted by atomic mass is 79.9. The molecule has 0 aromatic carbocycles. The van der Waals surface area contributed by atoms with E-state index in [1.165, 1.54) is 0 Å². The molecule has 0 unspecified atom stereocenters. The highest BCUT2D eigenvalue weighted by Crippen LogP contribution is 2.33. The summed E-state index contributed by atoms with van der Waals surface area (Å²) >= 11 is 3.38. The monoisotopic (exact) mass is 308 g/mol. The van der Waals surface area contributed by atoms with Gasteiger partial charge in [-0.3, -0.25) is 4.98 Å². The molecule has 1 aliphatic rings. The third-order valence-corrected chi connectivity index (χ3v) is 3.66. The molecule has 0 amide bonds. The van der Waals surface area contributed by atoms with Crippen LogP contribution in [0.3, 0.4) is 0 Å². The van der Waals surface area contributed by atoms with Gasteiger partial charge in [-0.1, -0.05) is 5.16 Å². The molecule has 1 aliphatic carbocycles. The summed E-state index contributed by atoms with van der Waals surface area (Å²) in [6.45, 7) is 0. The minimum absolute atomic E-state index is 0.262. The molecule has 2 aromatic heterocycles.